The summed E-state index contributed by atoms with van der Waals surface area (Å²) in [6.45, 7) is 9.63. The third-order valence-electron chi connectivity index (χ3n) is 4.73. The van der Waals surface area contributed by atoms with E-state index in [0.717, 1.165) is 19.6 Å². The molecule has 116 valence electrons. The van der Waals surface area contributed by atoms with Crippen molar-refractivity contribution in [3.8, 4) is 0 Å². The lowest BCUT2D eigenvalue weighted by Gasteiger charge is -2.27. The molecule has 3 unspecified atom stereocenters. The molecule has 2 aliphatic rings. The van der Waals surface area contributed by atoms with Crippen molar-refractivity contribution in [2.24, 2.45) is 5.92 Å². The molecule has 4 nitrogen and oxygen atoms in total. The molecule has 0 aliphatic carbocycles. The molecule has 2 fully saturated rings. The van der Waals surface area contributed by atoms with E-state index >= 15 is 0 Å². The van der Waals surface area contributed by atoms with Crippen LogP contribution >= 0.6 is 11.3 Å². The third kappa shape index (κ3) is 3.00. The van der Waals surface area contributed by atoms with E-state index in [-0.39, 0.29) is 18.1 Å². The van der Waals surface area contributed by atoms with Gasteiger partial charge in [-0.3, -0.25) is 10.1 Å². The molecule has 3 heterocycles. The fourth-order valence-electron chi connectivity index (χ4n) is 3.43. The second kappa shape index (κ2) is 6.07. The van der Waals surface area contributed by atoms with Gasteiger partial charge >= 0.3 is 0 Å². The Balaban J connectivity index is 1.69. The molecule has 5 heteroatoms. The maximum atomic E-state index is 12.5. The number of likely N-dealkylation sites (tertiary alicyclic amines) is 1. The highest BCUT2D eigenvalue weighted by molar-refractivity contribution is 7.07. The number of nitrogens with zero attached hydrogens (tertiary/aromatic N) is 2. The molecule has 1 aromatic rings. The molecule has 0 saturated carbocycles. The average Bonchev–Trinajstić information content (AvgIpc) is 3.16. The van der Waals surface area contributed by atoms with Crippen LogP contribution in [0.1, 0.15) is 38.9 Å². The first-order valence-electron chi connectivity index (χ1n) is 7.89. The molecule has 0 radical (unpaired) electrons. The van der Waals surface area contributed by atoms with Gasteiger partial charge in [-0.2, -0.15) is 11.3 Å². The van der Waals surface area contributed by atoms with Gasteiger partial charge < -0.3 is 9.80 Å². The largest absolute Gasteiger partial charge is 0.321 e. The second-order valence-electron chi connectivity index (χ2n) is 6.58. The van der Waals surface area contributed by atoms with Crippen LogP contribution in [0.15, 0.2) is 16.8 Å². The van der Waals surface area contributed by atoms with Crippen molar-refractivity contribution >= 4 is 17.2 Å². The Hall–Kier alpha value is -0.910. The van der Waals surface area contributed by atoms with Gasteiger partial charge in [-0.15, -0.1) is 0 Å². The molecule has 2 saturated heterocycles. The summed E-state index contributed by atoms with van der Waals surface area (Å²) in [4.78, 5) is 17.0. The minimum absolute atomic E-state index is 0.0619. The first-order chi connectivity index (χ1) is 10.1. The van der Waals surface area contributed by atoms with Gasteiger partial charge in [0.1, 0.15) is 6.17 Å². The van der Waals surface area contributed by atoms with Crippen LogP contribution in [0.4, 0.5) is 0 Å². The van der Waals surface area contributed by atoms with Crippen molar-refractivity contribution in [2.75, 3.05) is 19.6 Å². The topological polar surface area (TPSA) is 35.6 Å². The summed E-state index contributed by atoms with van der Waals surface area (Å²) in [7, 11) is 0. The van der Waals surface area contributed by atoms with E-state index in [0.29, 0.717) is 12.0 Å². The summed E-state index contributed by atoms with van der Waals surface area (Å²) in [6, 6.07) is 2.65. The van der Waals surface area contributed by atoms with E-state index in [1.807, 2.05) is 6.92 Å². The van der Waals surface area contributed by atoms with Crippen molar-refractivity contribution in [3.05, 3.63) is 22.4 Å². The highest BCUT2D eigenvalue weighted by atomic mass is 32.1. The number of hydrogen-bond acceptors (Lipinski definition) is 4. The van der Waals surface area contributed by atoms with E-state index in [2.05, 4.69) is 45.8 Å². The predicted octanol–water partition coefficient (Wildman–Crippen LogP) is 2.30. The van der Waals surface area contributed by atoms with E-state index in [1.165, 1.54) is 12.0 Å². The molecule has 3 atom stereocenters. The molecule has 2 aliphatic heterocycles. The van der Waals surface area contributed by atoms with Crippen LogP contribution in [-0.4, -0.2) is 47.4 Å². The monoisotopic (exact) mass is 307 g/mol. The van der Waals surface area contributed by atoms with E-state index in [9.17, 15) is 4.79 Å². The Labute approximate surface area is 131 Å². The second-order valence-corrected chi connectivity index (χ2v) is 7.36. The van der Waals surface area contributed by atoms with Crippen molar-refractivity contribution in [1.29, 1.82) is 0 Å². The maximum Gasteiger partial charge on any atom is 0.241 e. The summed E-state index contributed by atoms with van der Waals surface area (Å²) in [5.41, 5.74) is 1.22. The SMILES string of the molecule is CC1NC(c2ccsc2)N(CC2CCN(C(C)C)C2)C1=O. The zero-order chi connectivity index (χ0) is 15.0. The van der Waals surface area contributed by atoms with E-state index in [4.69, 9.17) is 0 Å². The summed E-state index contributed by atoms with van der Waals surface area (Å²) >= 11 is 1.69. The van der Waals surface area contributed by atoms with E-state index < -0.39 is 0 Å². The first-order valence-corrected chi connectivity index (χ1v) is 8.83. The Morgan fingerprint density at radius 1 is 1.48 bits per heavy atom. The number of carbonyl (C=O) groups excluding carboxylic acids is 1. The number of rotatable bonds is 4. The van der Waals surface area contributed by atoms with Crippen LogP contribution in [0.25, 0.3) is 0 Å². The van der Waals surface area contributed by atoms with Gasteiger partial charge in [0, 0.05) is 19.1 Å². The zero-order valence-electron chi connectivity index (χ0n) is 13.1. The predicted molar refractivity (Wildman–Crippen MR) is 86.2 cm³/mol. The zero-order valence-corrected chi connectivity index (χ0v) is 13.9. The summed E-state index contributed by atoms with van der Waals surface area (Å²) in [5.74, 6) is 0.846. The fraction of sp³-hybridized carbons (Fsp3) is 0.688. The lowest BCUT2D eigenvalue weighted by Crippen LogP contribution is -2.36. The molecule has 0 aromatic carbocycles. The highest BCUT2D eigenvalue weighted by Gasteiger charge is 2.39. The minimum Gasteiger partial charge on any atom is -0.321 e. The molecule has 0 bridgehead atoms. The van der Waals surface area contributed by atoms with Gasteiger partial charge in [0.2, 0.25) is 5.91 Å². The van der Waals surface area contributed by atoms with Gasteiger partial charge in [0.05, 0.1) is 6.04 Å². The Morgan fingerprint density at radius 2 is 2.29 bits per heavy atom. The molecule has 1 amide bonds. The molecule has 1 aromatic heterocycles. The van der Waals surface area contributed by atoms with Crippen molar-refractivity contribution in [1.82, 2.24) is 15.1 Å². The number of nitrogens with one attached hydrogen (secondary N) is 1. The van der Waals surface area contributed by atoms with Crippen LogP contribution in [0, 0.1) is 5.92 Å². The standard InChI is InChI=1S/C16H25N3OS/c1-11(2)18-6-4-13(8-18)9-19-15(14-5-7-21-10-14)17-12(3)16(19)20/h5,7,10-13,15,17H,4,6,8-9H2,1-3H3. The Morgan fingerprint density at radius 3 is 2.90 bits per heavy atom. The minimum atomic E-state index is -0.0718. The van der Waals surface area contributed by atoms with Crippen molar-refractivity contribution in [3.63, 3.8) is 0 Å². The first kappa shape index (κ1) is 15.0. The average molecular weight is 307 g/mol. The third-order valence-corrected chi connectivity index (χ3v) is 5.44. The quantitative estimate of drug-likeness (QED) is 0.927. The normalized spacial score (nSPS) is 30.8. The van der Waals surface area contributed by atoms with Gasteiger partial charge in [0.15, 0.2) is 0 Å². The van der Waals surface area contributed by atoms with Gasteiger partial charge in [-0.25, -0.2) is 0 Å². The smallest absolute Gasteiger partial charge is 0.241 e. The molecular weight excluding hydrogens is 282 g/mol. The van der Waals surface area contributed by atoms with Crippen LogP contribution in [0.5, 0.6) is 0 Å². The van der Waals surface area contributed by atoms with Crippen LogP contribution in [0.3, 0.4) is 0 Å². The number of amides is 1. The lowest BCUT2D eigenvalue weighted by atomic mass is 10.1. The maximum absolute atomic E-state index is 12.5. The molecule has 1 N–H and O–H groups in total. The molecule has 21 heavy (non-hydrogen) atoms. The molecule has 0 spiro atoms. The number of hydrogen-bond donors (Lipinski definition) is 1. The number of thiophene rings is 1. The van der Waals surface area contributed by atoms with Crippen molar-refractivity contribution in [2.45, 2.75) is 45.4 Å². The van der Waals surface area contributed by atoms with Crippen LogP contribution < -0.4 is 5.32 Å². The Bertz CT molecular complexity index is 488. The molecule has 3 rings (SSSR count). The van der Waals surface area contributed by atoms with Gasteiger partial charge in [-0.1, -0.05) is 0 Å². The summed E-state index contributed by atoms with van der Waals surface area (Å²) in [6.07, 6.45) is 1.26. The van der Waals surface area contributed by atoms with Crippen LogP contribution in [0.2, 0.25) is 0 Å². The lowest BCUT2D eigenvalue weighted by molar-refractivity contribution is -0.130. The van der Waals surface area contributed by atoms with E-state index in [1.54, 1.807) is 11.3 Å². The fourth-order valence-corrected chi connectivity index (χ4v) is 4.11. The molecular formula is C16H25N3OS. The van der Waals surface area contributed by atoms with Gasteiger partial charge in [-0.05, 0) is 62.0 Å². The van der Waals surface area contributed by atoms with Gasteiger partial charge in [0.25, 0.3) is 0 Å². The highest BCUT2D eigenvalue weighted by Crippen LogP contribution is 2.30. The number of carbonyl (C=O) groups is 1. The summed E-state index contributed by atoms with van der Waals surface area (Å²) in [5, 5.41) is 7.66. The summed E-state index contributed by atoms with van der Waals surface area (Å²) < 4.78 is 0. The Kier molecular flexibility index (Phi) is 4.33. The van der Waals surface area contributed by atoms with Crippen LogP contribution in [-0.2, 0) is 4.79 Å². The van der Waals surface area contributed by atoms with Crippen molar-refractivity contribution < 1.29 is 4.79 Å².